The number of rotatable bonds is 4. The van der Waals surface area contributed by atoms with Crippen molar-refractivity contribution in [2.75, 3.05) is 18.5 Å². The maximum atomic E-state index is 10.8. The molecule has 2 heterocycles. The average Bonchev–Trinajstić information content (AvgIpc) is 2.43. The lowest BCUT2D eigenvalue weighted by Crippen LogP contribution is -2.21. The van der Waals surface area contributed by atoms with Crippen LogP contribution in [0.3, 0.4) is 0 Å². The van der Waals surface area contributed by atoms with Gasteiger partial charge < -0.3 is 15.2 Å². The lowest BCUT2D eigenvalue weighted by atomic mass is 10.1. The van der Waals surface area contributed by atoms with Crippen LogP contribution in [-0.4, -0.2) is 29.2 Å². The van der Waals surface area contributed by atoms with Crippen molar-refractivity contribution in [2.45, 2.75) is 20.0 Å². The average molecular weight is 261 g/mol. The quantitative estimate of drug-likeness (QED) is 0.844. The molecule has 2 rings (SSSR count). The number of fused-ring (bicyclic) bond motifs is 1. The number of hydrogen-bond donors (Lipinski definition) is 2. The van der Waals surface area contributed by atoms with Gasteiger partial charge in [-0.05, 0) is 6.07 Å². The lowest BCUT2D eigenvalue weighted by molar-refractivity contribution is -0.140. The molecule has 1 aromatic rings. The van der Waals surface area contributed by atoms with Crippen LogP contribution in [0.4, 0.5) is 5.82 Å². The number of carboxylic acids is 1. The standard InChI is InChI=1S/C13H15N3O3/c1-8(13(17)18)6-15-12-9(5-14)4-10-7-19-3-2-11(10)16-12/h4,8H,2-3,6-7H2,1H3,(H,15,16)(H,17,18). The van der Waals surface area contributed by atoms with Crippen LogP contribution in [0, 0.1) is 17.2 Å². The Morgan fingerprint density at radius 2 is 2.53 bits per heavy atom. The van der Waals surface area contributed by atoms with E-state index >= 15 is 0 Å². The van der Waals surface area contributed by atoms with Gasteiger partial charge in [0.25, 0.3) is 0 Å². The molecule has 0 amide bonds. The fourth-order valence-corrected chi connectivity index (χ4v) is 1.84. The molecule has 1 atom stereocenters. The minimum absolute atomic E-state index is 0.242. The molecule has 0 radical (unpaired) electrons. The van der Waals surface area contributed by atoms with E-state index in [4.69, 9.17) is 15.1 Å². The second-order valence-corrected chi connectivity index (χ2v) is 4.52. The third kappa shape index (κ3) is 3.01. The minimum Gasteiger partial charge on any atom is -0.481 e. The molecular formula is C13H15N3O3. The van der Waals surface area contributed by atoms with Crippen molar-refractivity contribution < 1.29 is 14.6 Å². The van der Waals surface area contributed by atoms with E-state index in [1.165, 1.54) is 0 Å². The second-order valence-electron chi connectivity index (χ2n) is 4.52. The van der Waals surface area contributed by atoms with Crippen molar-refractivity contribution in [3.05, 3.63) is 22.9 Å². The smallest absolute Gasteiger partial charge is 0.308 e. The van der Waals surface area contributed by atoms with Crippen LogP contribution >= 0.6 is 0 Å². The molecule has 1 aliphatic rings. The van der Waals surface area contributed by atoms with Gasteiger partial charge in [-0.25, -0.2) is 4.98 Å². The molecule has 1 aromatic heterocycles. The van der Waals surface area contributed by atoms with Gasteiger partial charge in [0.1, 0.15) is 11.9 Å². The highest BCUT2D eigenvalue weighted by Gasteiger charge is 2.17. The van der Waals surface area contributed by atoms with Gasteiger partial charge in [-0.15, -0.1) is 0 Å². The highest BCUT2D eigenvalue weighted by atomic mass is 16.5. The molecule has 0 aliphatic carbocycles. The van der Waals surface area contributed by atoms with Crippen molar-refractivity contribution in [2.24, 2.45) is 5.92 Å². The minimum atomic E-state index is -0.877. The number of aromatic nitrogens is 1. The number of carbonyl (C=O) groups is 1. The highest BCUT2D eigenvalue weighted by molar-refractivity contribution is 5.70. The zero-order valence-corrected chi connectivity index (χ0v) is 10.6. The van der Waals surface area contributed by atoms with E-state index < -0.39 is 11.9 Å². The number of nitrogens with one attached hydrogen (secondary N) is 1. The summed E-state index contributed by atoms with van der Waals surface area (Å²) >= 11 is 0. The zero-order chi connectivity index (χ0) is 13.8. The molecule has 6 nitrogen and oxygen atoms in total. The molecule has 100 valence electrons. The molecule has 0 aromatic carbocycles. The van der Waals surface area contributed by atoms with Gasteiger partial charge in [-0.3, -0.25) is 4.79 Å². The van der Waals surface area contributed by atoms with Crippen LogP contribution in [0.25, 0.3) is 0 Å². The summed E-state index contributed by atoms with van der Waals surface area (Å²) < 4.78 is 5.32. The van der Waals surface area contributed by atoms with Crippen molar-refractivity contribution in [1.82, 2.24) is 4.98 Å². The van der Waals surface area contributed by atoms with Crippen LogP contribution in [0.2, 0.25) is 0 Å². The van der Waals surface area contributed by atoms with Gasteiger partial charge in [0.2, 0.25) is 0 Å². The van der Waals surface area contributed by atoms with E-state index in [1.807, 2.05) is 0 Å². The third-order valence-electron chi connectivity index (χ3n) is 3.05. The fourth-order valence-electron chi connectivity index (χ4n) is 1.84. The largest absolute Gasteiger partial charge is 0.481 e. The first-order valence-corrected chi connectivity index (χ1v) is 6.09. The Morgan fingerprint density at radius 1 is 1.74 bits per heavy atom. The molecule has 19 heavy (non-hydrogen) atoms. The molecular weight excluding hydrogens is 246 g/mol. The Morgan fingerprint density at radius 3 is 3.21 bits per heavy atom. The highest BCUT2D eigenvalue weighted by Crippen LogP contribution is 2.21. The van der Waals surface area contributed by atoms with E-state index in [-0.39, 0.29) is 6.54 Å². The Hall–Kier alpha value is -2.13. The summed E-state index contributed by atoms with van der Waals surface area (Å²) in [5.74, 6) is -0.957. The molecule has 0 saturated carbocycles. The van der Waals surface area contributed by atoms with E-state index in [1.54, 1.807) is 13.0 Å². The van der Waals surface area contributed by atoms with Crippen molar-refractivity contribution >= 4 is 11.8 Å². The number of pyridine rings is 1. The summed E-state index contributed by atoms with van der Waals surface area (Å²) in [6.07, 6.45) is 0.713. The molecule has 0 fully saturated rings. The molecule has 2 N–H and O–H groups in total. The van der Waals surface area contributed by atoms with E-state index in [2.05, 4.69) is 16.4 Å². The monoisotopic (exact) mass is 261 g/mol. The van der Waals surface area contributed by atoms with Crippen LogP contribution in [0.5, 0.6) is 0 Å². The van der Waals surface area contributed by atoms with E-state index in [9.17, 15) is 4.79 Å². The first-order valence-electron chi connectivity index (χ1n) is 6.09. The van der Waals surface area contributed by atoms with Crippen molar-refractivity contribution in [3.63, 3.8) is 0 Å². The number of nitriles is 1. The normalized spacial score (nSPS) is 15.2. The molecule has 6 heteroatoms. The Labute approximate surface area is 111 Å². The Kier molecular flexibility index (Phi) is 3.97. The van der Waals surface area contributed by atoms with Crippen molar-refractivity contribution in [1.29, 1.82) is 5.26 Å². The fraction of sp³-hybridized carbons (Fsp3) is 0.462. The summed E-state index contributed by atoms with van der Waals surface area (Å²) in [6, 6.07) is 3.83. The van der Waals surface area contributed by atoms with Gasteiger partial charge in [0.15, 0.2) is 0 Å². The topological polar surface area (TPSA) is 95.2 Å². The summed E-state index contributed by atoms with van der Waals surface area (Å²) in [5, 5.41) is 20.9. The van der Waals surface area contributed by atoms with E-state index in [0.29, 0.717) is 31.0 Å². The predicted molar refractivity (Wildman–Crippen MR) is 67.6 cm³/mol. The van der Waals surface area contributed by atoms with Crippen LogP contribution in [0.15, 0.2) is 6.07 Å². The van der Waals surface area contributed by atoms with Gasteiger partial charge in [0, 0.05) is 18.5 Å². The molecule has 1 unspecified atom stereocenters. The third-order valence-corrected chi connectivity index (χ3v) is 3.05. The zero-order valence-electron chi connectivity index (χ0n) is 10.6. The van der Waals surface area contributed by atoms with E-state index in [0.717, 1.165) is 11.3 Å². The first-order chi connectivity index (χ1) is 9.11. The van der Waals surface area contributed by atoms with Gasteiger partial charge in [-0.2, -0.15) is 5.26 Å². The number of carboxylic acid groups (broad SMARTS) is 1. The summed E-state index contributed by atoms with van der Waals surface area (Å²) in [4.78, 5) is 15.2. The van der Waals surface area contributed by atoms with Crippen molar-refractivity contribution in [3.8, 4) is 6.07 Å². The van der Waals surface area contributed by atoms with Crippen LogP contribution in [0.1, 0.15) is 23.7 Å². The van der Waals surface area contributed by atoms with Crippen LogP contribution < -0.4 is 5.32 Å². The maximum Gasteiger partial charge on any atom is 0.308 e. The SMILES string of the molecule is CC(CNc1nc2c(cc1C#N)COCC2)C(=O)O. The van der Waals surface area contributed by atoms with Gasteiger partial charge >= 0.3 is 5.97 Å². The number of ether oxygens (including phenoxy) is 1. The molecule has 0 saturated heterocycles. The van der Waals surface area contributed by atoms with Gasteiger partial charge in [0.05, 0.1) is 30.4 Å². The second kappa shape index (κ2) is 5.67. The molecule has 1 aliphatic heterocycles. The van der Waals surface area contributed by atoms with Crippen LogP contribution in [-0.2, 0) is 22.6 Å². The summed E-state index contributed by atoms with van der Waals surface area (Å²) in [7, 11) is 0. The summed E-state index contributed by atoms with van der Waals surface area (Å²) in [6.45, 7) is 2.94. The number of anilines is 1. The Bertz CT molecular complexity index is 537. The molecule has 0 spiro atoms. The molecule has 0 bridgehead atoms. The number of nitrogens with zero attached hydrogens (tertiary/aromatic N) is 2. The lowest BCUT2D eigenvalue weighted by Gasteiger charge is -2.18. The Balaban J connectivity index is 2.20. The summed E-state index contributed by atoms with van der Waals surface area (Å²) in [5.41, 5.74) is 2.26. The predicted octanol–water partition coefficient (Wildman–Crippen LogP) is 1.16. The first kappa shape index (κ1) is 13.3. The maximum absolute atomic E-state index is 10.8. The number of hydrogen-bond acceptors (Lipinski definition) is 5. The van der Waals surface area contributed by atoms with Gasteiger partial charge in [-0.1, -0.05) is 6.92 Å². The number of aliphatic carboxylic acids is 1.